The van der Waals surface area contributed by atoms with E-state index in [0.29, 0.717) is 0 Å². The lowest BCUT2D eigenvalue weighted by molar-refractivity contribution is 0.693. The summed E-state index contributed by atoms with van der Waals surface area (Å²) in [4.78, 5) is 0. The summed E-state index contributed by atoms with van der Waals surface area (Å²) in [6.45, 7) is 4.03. The highest BCUT2D eigenvalue weighted by atomic mass is 127. The fraction of sp³-hybridized carbons (Fsp3) is 0.250. The standard InChI is InChI=1S/C16H18IN/c1-2-13-3-5-14(6-4-13)11-18-12-15-7-9-16(17)10-8-15/h3-10,18H,2,11-12H2,1H3. The largest absolute Gasteiger partial charge is 0.309 e. The molecule has 18 heavy (non-hydrogen) atoms. The van der Waals surface area contributed by atoms with Crippen LogP contribution in [0.2, 0.25) is 0 Å². The van der Waals surface area contributed by atoms with E-state index in [1.165, 1.54) is 20.3 Å². The molecule has 0 aliphatic carbocycles. The van der Waals surface area contributed by atoms with Gasteiger partial charge in [-0.25, -0.2) is 0 Å². The second-order valence-corrected chi connectivity index (χ2v) is 5.65. The molecule has 1 nitrogen and oxygen atoms in total. The molecule has 2 aromatic rings. The van der Waals surface area contributed by atoms with Crippen molar-refractivity contribution in [1.82, 2.24) is 5.32 Å². The molecule has 0 saturated heterocycles. The Balaban J connectivity index is 1.82. The van der Waals surface area contributed by atoms with Crippen LogP contribution in [0.3, 0.4) is 0 Å². The van der Waals surface area contributed by atoms with Crippen LogP contribution in [0.5, 0.6) is 0 Å². The lowest BCUT2D eigenvalue weighted by Gasteiger charge is -2.06. The molecule has 0 saturated carbocycles. The van der Waals surface area contributed by atoms with E-state index in [0.717, 1.165) is 19.5 Å². The Morgan fingerprint density at radius 3 is 1.72 bits per heavy atom. The predicted molar refractivity (Wildman–Crippen MR) is 85.5 cm³/mol. The van der Waals surface area contributed by atoms with Gasteiger partial charge in [-0.3, -0.25) is 0 Å². The van der Waals surface area contributed by atoms with Gasteiger partial charge in [-0.15, -0.1) is 0 Å². The second kappa shape index (κ2) is 6.90. The number of halogens is 1. The van der Waals surface area contributed by atoms with Crippen LogP contribution < -0.4 is 5.32 Å². The first-order valence-corrected chi connectivity index (χ1v) is 7.39. The highest BCUT2D eigenvalue weighted by Crippen LogP contribution is 2.08. The van der Waals surface area contributed by atoms with Gasteiger partial charge >= 0.3 is 0 Å². The monoisotopic (exact) mass is 351 g/mol. The van der Waals surface area contributed by atoms with E-state index in [2.05, 4.69) is 83.4 Å². The Hall–Kier alpha value is -0.870. The lowest BCUT2D eigenvalue weighted by Crippen LogP contribution is -2.12. The molecule has 0 amide bonds. The van der Waals surface area contributed by atoms with Crippen LogP contribution in [0, 0.1) is 3.57 Å². The molecule has 0 aliphatic rings. The Morgan fingerprint density at radius 1 is 0.778 bits per heavy atom. The zero-order valence-electron chi connectivity index (χ0n) is 10.6. The lowest BCUT2D eigenvalue weighted by atomic mass is 10.1. The summed E-state index contributed by atoms with van der Waals surface area (Å²) in [7, 11) is 0. The van der Waals surface area contributed by atoms with Crippen LogP contribution in [-0.2, 0) is 19.5 Å². The van der Waals surface area contributed by atoms with Crippen LogP contribution >= 0.6 is 22.6 Å². The first-order valence-electron chi connectivity index (χ1n) is 6.31. The number of benzene rings is 2. The van der Waals surface area contributed by atoms with E-state index in [1.807, 2.05) is 0 Å². The summed E-state index contributed by atoms with van der Waals surface area (Å²) in [5.41, 5.74) is 4.08. The Kier molecular flexibility index (Phi) is 5.20. The van der Waals surface area contributed by atoms with Gasteiger partial charge in [0.1, 0.15) is 0 Å². The molecule has 0 radical (unpaired) electrons. The highest BCUT2D eigenvalue weighted by molar-refractivity contribution is 14.1. The Labute approximate surface area is 123 Å². The van der Waals surface area contributed by atoms with Gasteiger partial charge in [0.2, 0.25) is 0 Å². The van der Waals surface area contributed by atoms with Crippen LogP contribution in [0.4, 0.5) is 0 Å². The van der Waals surface area contributed by atoms with Gasteiger partial charge in [-0.2, -0.15) is 0 Å². The molecule has 0 bridgehead atoms. The maximum Gasteiger partial charge on any atom is 0.0208 e. The molecule has 0 fully saturated rings. The molecule has 0 atom stereocenters. The summed E-state index contributed by atoms with van der Waals surface area (Å²) in [5.74, 6) is 0. The van der Waals surface area contributed by atoms with Crippen molar-refractivity contribution in [3.63, 3.8) is 0 Å². The Morgan fingerprint density at radius 2 is 1.22 bits per heavy atom. The predicted octanol–water partition coefficient (Wildman–Crippen LogP) is 4.14. The third-order valence-corrected chi connectivity index (χ3v) is 3.72. The molecule has 2 rings (SSSR count). The molecule has 1 N–H and O–H groups in total. The van der Waals surface area contributed by atoms with Crippen molar-refractivity contribution in [3.8, 4) is 0 Å². The number of hydrogen-bond acceptors (Lipinski definition) is 1. The zero-order chi connectivity index (χ0) is 12.8. The summed E-state index contributed by atoms with van der Waals surface area (Å²) < 4.78 is 1.28. The normalized spacial score (nSPS) is 10.6. The molecule has 0 spiro atoms. The van der Waals surface area contributed by atoms with E-state index in [9.17, 15) is 0 Å². The Bertz CT molecular complexity index is 473. The maximum absolute atomic E-state index is 3.47. The molecule has 0 heterocycles. The highest BCUT2D eigenvalue weighted by Gasteiger charge is 1.95. The first kappa shape index (κ1) is 13.6. The number of hydrogen-bond donors (Lipinski definition) is 1. The van der Waals surface area contributed by atoms with Crippen molar-refractivity contribution >= 4 is 22.6 Å². The van der Waals surface area contributed by atoms with Crippen molar-refractivity contribution in [1.29, 1.82) is 0 Å². The molecule has 0 aliphatic heterocycles. The van der Waals surface area contributed by atoms with E-state index >= 15 is 0 Å². The molecule has 0 aromatic heterocycles. The van der Waals surface area contributed by atoms with Gasteiger partial charge in [0.25, 0.3) is 0 Å². The van der Waals surface area contributed by atoms with Crippen molar-refractivity contribution in [2.24, 2.45) is 0 Å². The van der Waals surface area contributed by atoms with Gasteiger partial charge < -0.3 is 5.32 Å². The first-order chi connectivity index (χ1) is 8.78. The zero-order valence-corrected chi connectivity index (χ0v) is 12.8. The molecule has 2 heteroatoms. The van der Waals surface area contributed by atoms with E-state index < -0.39 is 0 Å². The summed E-state index contributed by atoms with van der Waals surface area (Å²) in [5, 5.41) is 3.47. The fourth-order valence-electron chi connectivity index (χ4n) is 1.85. The smallest absolute Gasteiger partial charge is 0.0208 e. The molecule has 94 valence electrons. The molecule has 0 unspecified atom stereocenters. The van der Waals surface area contributed by atoms with Crippen molar-refractivity contribution in [2.75, 3.05) is 0 Å². The van der Waals surface area contributed by atoms with Gasteiger partial charge in [-0.1, -0.05) is 43.3 Å². The quantitative estimate of drug-likeness (QED) is 0.799. The fourth-order valence-corrected chi connectivity index (χ4v) is 2.21. The maximum atomic E-state index is 3.47. The third-order valence-electron chi connectivity index (χ3n) is 3.00. The summed E-state index contributed by atoms with van der Waals surface area (Å²) >= 11 is 2.33. The van der Waals surface area contributed by atoms with E-state index in [-0.39, 0.29) is 0 Å². The molecular formula is C16H18IN. The second-order valence-electron chi connectivity index (χ2n) is 4.40. The minimum Gasteiger partial charge on any atom is -0.309 e. The average molecular weight is 351 g/mol. The number of nitrogens with one attached hydrogen (secondary N) is 1. The van der Waals surface area contributed by atoms with Crippen LogP contribution in [-0.4, -0.2) is 0 Å². The number of aryl methyl sites for hydroxylation is 1. The molecular weight excluding hydrogens is 333 g/mol. The summed E-state index contributed by atoms with van der Waals surface area (Å²) in [6.07, 6.45) is 1.11. The van der Waals surface area contributed by atoms with Gasteiger partial charge in [0.05, 0.1) is 0 Å². The van der Waals surface area contributed by atoms with Crippen LogP contribution in [0.25, 0.3) is 0 Å². The molecule has 2 aromatic carbocycles. The van der Waals surface area contributed by atoms with Crippen LogP contribution in [0.1, 0.15) is 23.6 Å². The third kappa shape index (κ3) is 4.10. The average Bonchev–Trinajstić information content (AvgIpc) is 2.42. The minimum atomic E-state index is 0.923. The van der Waals surface area contributed by atoms with Crippen molar-refractivity contribution < 1.29 is 0 Å². The SMILES string of the molecule is CCc1ccc(CNCc2ccc(I)cc2)cc1. The van der Waals surface area contributed by atoms with Crippen molar-refractivity contribution in [2.45, 2.75) is 26.4 Å². The van der Waals surface area contributed by atoms with Crippen LogP contribution in [0.15, 0.2) is 48.5 Å². The van der Waals surface area contributed by atoms with Gasteiger partial charge in [0.15, 0.2) is 0 Å². The van der Waals surface area contributed by atoms with Crippen molar-refractivity contribution in [3.05, 3.63) is 68.8 Å². The number of rotatable bonds is 5. The van der Waals surface area contributed by atoms with E-state index in [1.54, 1.807) is 0 Å². The van der Waals surface area contributed by atoms with Gasteiger partial charge in [-0.05, 0) is 57.8 Å². The van der Waals surface area contributed by atoms with Gasteiger partial charge in [0, 0.05) is 16.7 Å². The summed E-state index contributed by atoms with van der Waals surface area (Å²) in [6, 6.07) is 17.5. The van der Waals surface area contributed by atoms with E-state index in [4.69, 9.17) is 0 Å². The topological polar surface area (TPSA) is 12.0 Å². The minimum absolute atomic E-state index is 0.923.